The summed E-state index contributed by atoms with van der Waals surface area (Å²) in [5.74, 6) is 0.505. The smallest absolute Gasteiger partial charge is 0.343 e. The Hall–Kier alpha value is -3.65. The average molecular weight is 410 g/mol. The van der Waals surface area contributed by atoms with Gasteiger partial charge in [0.05, 0.1) is 23.8 Å². The Morgan fingerprint density at radius 2 is 1.52 bits per heavy atom. The molecule has 0 atom stereocenters. The molecule has 1 N–H and O–H groups in total. The van der Waals surface area contributed by atoms with Crippen LogP contribution in [0.1, 0.15) is 15.9 Å². The molecule has 0 aliphatic rings. The van der Waals surface area contributed by atoms with Gasteiger partial charge in [0.25, 0.3) is 10.0 Å². The number of hydrogen-bond donors (Lipinski definition) is 1. The van der Waals surface area contributed by atoms with Gasteiger partial charge in [0.15, 0.2) is 0 Å². The zero-order chi connectivity index (χ0) is 20.7. The first kappa shape index (κ1) is 20.1. The van der Waals surface area contributed by atoms with E-state index in [2.05, 4.69) is 9.93 Å². The molecule has 148 valence electrons. The number of hydrogen-bond acceptors (Lipinski definition) is 6. The van der Waals surface area contributed by atoms with Gasteiger partial charge in [-0.3, -0.25) is 0 Å². The van der Waals surface area contributed by atoms with E-state index < -0.39 is 16.0 Å². The molecule has 8 heteroatoms. The number of rotatable bonds is 7. The predicted octanol–water partition coefficient (Wildman–Crippen LogP) is 3.23. The maximum atomic E-state index is 12.1. The van der Waals surface area contributed by atoms with Crippen LogP contribution in [0.4, 0.5) is 0 Å². The molecular weight excluding hydrogens is 392 g/mol. The van der Waals surface area contributed by atoms with Crippen molar-refractivity contribution in [2.75, 3.05) is 7.11 Å². The standard InChI is InChI=1S/C21H18N2O5S/c1-27-18-13-9-17(10-14-18)21(24)28-19-11-7-16(8-12-19)15-22-23-29(25,26)20-5-3-2-4-6-20/h2-15,23H,1H3. The average Bonchev–Trinajstić information content (AvgIpc) is 2.75. The van der Waals surface area contributed by atoms with Crippen molar-refractivity contribution < 1.29 is 22.7 Å². The Bertz CT molecular complexity index is 1090. The SMILES string of the molecule is COc1ccc(C(=O)Oc2ccc(C=NNS(=O)(=O)c3ccccc3)cc2)cc1. The van der Waals surface area contributed by atoms with Crippen LogP contribution in [0.25, 0.3) is 0 Å². The van der Waals surface area contributed by atoms with E-state index in [0.29, 0.717) is 22.6 Å². The first-order valence-electron chi connectivity index (χ1n) is 8.54. The van der Waals surface area contributed by atoms with Crippen LogP contribution < -0.4 is 14.3 Å². The molecular formula is C21H18N2O5S. The normalized spacial score (nSPS) is 11.2. The molecule has 0 aliphatic carbocycles. The van der Waals surface area contributed by atoms with Crippen LogP contribution in [0, 0.1) is 0 Å². The van der Waals surface area contributed by atoms with Crippen molar-refractivity contribution in [1.29, 1.82) is 0 Å². The molecule has 3 aromatic carbocycles. The predicted molar refractivity (Wildman–Crippen MR) is 109 cm³/mol. The maximum Gasteiger partial charge on any atom is 0.343 e. The fourth-order valence-corrected chi connectivity index (χ4v) is 3.15. The molecule has 0 saturated carbocycles. The van der Waals surface area contributed by atoms with Crippen LogP contribution in [0.2, 0.25) is 0 Å². The highest BCUT2D eigenvalue weighted by atomic mass is 32.2. The number of carbonyl (C=O) groups excluding carboxylic acids is 1. The van der Waals surface area contributed by atoms with Crippen LogP contribution in [-0.2, 0) is 10.0 Å². The van der Waals surface area contributed by atoms with E-state index in [-0.39, 0.29) is 4.90 Å². The fourth-order valence-electron chi connectivity index (χ4n) is 2.34. The minimum atomic E-state index is -3.72. The van der Waals surface area contributed by atoms with Gasteiger partial charge in [-0.15, -0.1) is 0 Å². The largest absolute Gasteiger partial charge is 0.497 e. The minimum absolute atomic E-state index is 0.123. The van der Waals surface area contributed by atoms with E-state index in [1.54, 1.807) is 73.8 Å². The Morgan fingerprint density at radius 1 is 0.897 bits per heavy atom. The number of benzene rings is 3. The monoisotopic (exact) mass is 410 g/mol. The number of esters is 1. The Morgan fingerprint density at radius 3 is 2.14 bits per heavy atom. The Balaban J connectivity index is 1.59. The third-order valence-corrected chi connectivity index (χ3v) is 5.09. The molecule has 0 fully saturated rings. The molecule has 0 aromatic heterocycles. The first-order chi connectivity index (χ1) is 14.0. The van der Waals surface area contributed by atoms with Crippen molar-refractivity contribution in [2.24, 2.45) is 5.10 Å². The Labute approximate surface area is 168 Å². The van der Waals surface area contributed by atoms with Gasteiger partial charge in [0.2, 0.25) is 0 Å². The van der Waals surface area contributed by atoms with Gasteiger partial charge in [0, 0.05) is 0 Å². The number of nitrogens with zero attached hydrogens (tertiary/aromatic N) is 1. The lowest BCUT2D eigenvalue weighted by atomic mass is 10.2. The summed E-state index contributed by atoms with van der Waals surface area (Å²) in [5, 5.41) is 3.76. The van der Waals surface area contributed by atoms with E-state index in [1.807, 2.05) is 0 Å². The second kappa shape index (κ2) is 9.03. The lowest BCUT2D eigenvalue weighted by molar-refractivity contribution is 0.0734. The van der Waals surface area contributed by atoms with Gasteiger partial charge < -0.3 is 9.47 Å². The number of methoxy groups -OCH3 is 1. The van der Waals surface area contributed by atoms with E-state index in [1.165, 1.54) is 18.3 Å². The number of ether oxygens (including phenoxy) is 2. The molecule has 0 spiro atoms. The number of nitrogens with one attached hydrogen (secondary N) is 1. The van der Waals surface area contributed by atoms with Crippen molar-refractivity contribution in [1.82, 2.24) is 4.83 Å². The second-order valence-corrected chi connectivity index (χ2v) is 7.51. The van der Waals surface area contributed by atoms with Crippen molar-refractivity contribution in [3.63, 3.8) is 0 Å². The van der Waals surface area contributed by atoms with E-state index in [0.717, 1.165) is 0 Å². The summed E-state index contributed by atoms with van der Waals surface area (Å²) in [5.41, 5.74) is 1.02. The molecule has 7 nitrogen and oxygen atoms in total. The quantitative estimate of drug-likeness (QED) is 0.279. The highest BCUT2D eigenvalue weighted by Crippen LogP contribution is 2.16. The topological polar surface area (TPSA) is 94.1 Å². The lowest BCUT2D eigenvalue weighted by Crippen LogP contribution is -2.18. The van der Waals surface area contributed by atoms with Gasteiger partial charge >= 0.3 is 5.97 Å². The molecule has 0 aliphatic heterocycles. The van der Waals surface area contributed by atoms with Crippen molar-refractivity contribution in [2.45, 2.75) is 4.90 Å². The summed E-state index contributed by atoms with van der Waals surface area (Å²) >= 11 is 0. The molecule has 29 heavy (non-hydrogen) atoms. The van der Waals surface area contributed by atoms with Crippen LogP contribution in [0.15, 0.2) is 88.9 Å². The molecule has 0 unspecified atom stereocenters. The van der Waals surface area contributed by atoms with Gasteiger partial charge in [0.1, 0.15) is 11.5 Å². The van der Waals surface area contributed by atoms with E-state index >= 15 is 0 Å². The molecule has 0 heterocycles. The molecule has 0 bridgehead atoms. The zero-order valence-electron chi connectivity index (χ0n) is 15.5. The fraction of sp³-hybridized carbons (Fsp3) is 0.0476. The summed E-state index contributed by atoms with van der Waals surface area (Å²) in [4.78, 5) is 14.4. The molecule has 0 amide bonds. The van der Waals surface area contributed by atoms with Crippen LogP contribution in [0.5, 0.6) is 11.5 Å². The van der Waals surface area contributed by atoms with Crippen LogP contribution in [-0.4, -0.2) is 27.7 Å². The van der Waals surface area contributed by atoms with E-state index in [9.17, 15) is 13.2 Å². The van der Waals surface area contributed by atoms with Gasteiger partial charge in [-0.25, -0.2) is 9.63 Å². The van der Waals surface area contributed by atoms with Crippen molar-refractivity contribution >= 4 is 22.2 Å². The van der Waals surface area contributed by atoms with Crippen molar-refractivity contribution in [3.05, 3.63) is 90.0 Å². The summed E-state index contributed by atoms with van der Waals surface area (Å²) in [6.07, 6.45) is 1.36. The molecule has 0 radical (unpaired) electrons. The third-order valence-electron chi connectivity index (χ3n) is 3.86. The zero-order valence-corrected chi connectivity index (χ0v) is 16.3. The second-order valence-electron chi connectivity index (χ2n) is 5.85. The minimum Gasteiger partial charge on any atom is -0.497 e. The highest BCUT2D eigenvalue weighted by molar-refractivity contribution is 7.89. The Kier molecular flexibility index (Phi) is 6.25. The molecule has 3 aromatic rings. The highest BCUT2D eigenvalue weighted by Gasteiger charge is 2.11. The van der Waals surface area contributed by atoms with Gasteiger partial charge in [-0.1, -0.05) is 18.2 Å². The summed E-state index contributed by atoms with van der Waals surface area (Å²) in [6, 6.07) is 21.0. The number of carbonyl (C=O) groups is 1. The van der Waals surface area contributed by atoms with E-state index in [4.69, 9.17) is 9.47 Å². The third kappa shape index (κ3) is 5.43. The van der Waals surface area contributed by atoms with Gasteiger partial charge in [-0.2, -0.15) is 13.5 Å². The lowest BCUT2D eigenvalue weighted by Gasteiger charge is -2.06. The maximum absolute atomic E-state index is 12.1. The van der Waals surface area contributed by atoms with Crippen LogP contribution >= 0.6 is 0 Å². The first-order valence-corrected chi connectivity index (χ1v) is 10.0. The molecule has 3 rings (SSSR count). The van der Waals surface area contributed by atoms with Gasteiger partial charge in [-0.05, 0) is 66.2 Å². The van der Waals surface area contributed by atoms with Crippen LogP contribution in [0.3, 0.4) is 0 Å². The molecule has 0 saturated heterocycles. The summed E-state index contributed by atoms with van der Waals surface area (Å²) < 4.78 is 34.5. The summed E-state index contributed by atoms with van der Waals surface area (Å²) in [7, 11) is -2.17. The van der Waals surface area contributed by atoms with Crippen molar-refractivity contribution in [3.8, 4) is 11.5 Å². The number of hydrazone groups is 1. The summed E-state index contributed by atoms with van der Waals surface area (Å²) in [6.45, 7) is 0. The number of sulfonamides is 1.